The third-order valence-corrected chi connectivity index (χ3v) is 3.30. The van der Waals surface area contributed by atoms with E-state index in [2.05, 4.69) is 43.4 Å². The third kappa shape index (κ3) is 2.71. The largest absolute Gasteiger partial charge is 0.0885 e. The predicted octanol–water partition coefficient (Wildman–Crippen LogP) is 4.57. The molecular formula is C15H20. The van der Waals surface area contributed by atoms with Crippen LogP contribution in [0.4, 0.5) is 0 Å². The van der Waals surface area contributed by atoms with Crippen LogP contribution in [0.2, 0.25) is 0 Å². The third-order valence-electron chi connectivity index (χ3n) is 3.30. The first-order valence-electron chi connectivity index (χ1n) is 6.11. The Kier molecular flexibility index (Phi) is 3.60. The number of allylic oxidation sites excluding steroid dienone is 8. The molecule has 0 nitrogen and oxygen atoms in total. The van der Waals surface area contributed by atoms with Crippen LogP contribution in [0.15, 0.2) is 47.6 Å². The van der Waals surface area contributed by atoms with Gasteiger partial charge in [0.2, 0.25) is 0 Å². The predicted molar refractivity (Wildman–Crippen MR) is 66.7 cm³/mol. The molecule has 0 fully saturated rings. The lowest BCUT2D eigenvalue weighted by Gasteiger charge is -2.23. The Labute approximate surface area is 93.1 Å². The summed E-state index contributed by atoms with van der Waals surface area (Å²) >= 11 is 0. The van der Waals surface area contributed by atoms with Crippen LogP contribution in [0.1, 0.15) is 39.0 Å². The number of rotatable bonds is 2. The Morgan fingerprint density at radius 1 is 1.40 bits per heavy atom. The second kappa shape index (κ2) is 5.16. The SMILES string of the molecule is CCC=CC1CCC2=C(CC=CC=C2)C1. The van der Waals surface area contributed by atoms with Crippen LogP contribution >= 0.6 is 0 Å². The molecule has 2 rings (SSSR count). The molecule has 2 aliphatic carbocycles. The van der Waals surface area contributed by atoms with E-state index in [1.165, 1.54) is 32.1 Å². The van der Waals surface area contributed by atoms with Crippen molar-refractivity contribution in [2.24, 2.45) is 5.92 Å². The fourth-order valence-electron chi connectivity index (χ4n) is 2.44. The van der Waals surface area contributed by atoms with E-state index in [0.717, 1.165) is 5.92 Å². The maximum Gasteiger partial charge on any atom is -0.0130 e. The van der Waals surface area contributed by atoms with Crippen molar-refractivity contribution in [2.75, 3.05) is 0 Å². The summed E-state index contributed by atoms with van der Waals surface area (Å²) in [5.41, 5.74) is 3.26. The van der Waals surface area contributed by atoms with E-state index in [9.17, 15) is 0 Å². The van der Waals surface area contributed by atoms with E-state index >= 15 is 0 Å². The van der Waals surface area contributed by atoms with Crippen LogP contribution in [0.5, 0.6) is 0 Å². The lowest BCUT2D eigenvalue weighted by molar-refractivity contribution is 0.545. The first kappa shape index (κ1) is 10.5. The van der Waals surface area contributed by atoms with E-state index in [4.69, 9.17) is 0 Å². The summed E-state index contributed by atoms with van der Waals surface area (Å²) in [4.78, 5) is 0. The molecule has 0 aromatic carbocycles. The van der Waals surface area contributed by atoms with Crippen LogP contribution in [0.25, 0.3) is 0 Å². The summed E-state index contributed by atoms with van der Waals surface area (Å²) in [7, 11) is 0. The number of hydrogen-bond donors (Lipinski definition) is 0. The smallest absolute Gasteiger partial charge is 0.0130 e. The molecule has 0 heteroatoms. The summed E-state index contributed by atoms with van der Waals surface area (Å²) in [5, 5.41) is 0. The summed E-state index contributed by atoms with van der Waals surface area (Å²) < 4.78 is 0. The summed E-state index contributed by atoms with van der Waals surface area (Å²) in [6, 6.07) is 0. The molecule has 1 unspecified atom stereocenters. The Morgan fingerprint density at radius 2 is 2.33 bits per heavy atom. The molecule has 15 heavy (non-hydrogen) atoms. The van der Waals surface area contributed by atoms with Crippen molar-refractivity contribution in [3.8, 4) is 0 Å². The highest BCUT2D eigenvalue weighted by atomic mass is 14.2. The molecule has 0 amide bonds. The Hall–Kier alpha value is -1.04. The first-order chi connectivity index (χ1) is 7.40. The van der Waals surface area contributed by atoms with Gasteiger partial charge in [0.1, 0.15) is 0 Å². The summed E-state index contributed by atoms with van der Waals surface area (Å²) in [6.07, 6.45) is 19.9. The zero-order valence-electron chi connectivity index (χ0n) is 9.58. The molecule has 0 saturated carbocycles. The van der Waals surface area contributed by atoms with Crippen molar-refractivity contribution in [1.29, 1.82) is 0 Å². The molecule has 0 aliphatic heterocycles. The molecule has 0 spiro atoms. The Balaban J connectivity index is 2.06. The van der Waals surface area contributed by atoms with E-state index < -0.39 is 0 Å². The zero-order chi connectivity index (χ0) is 10.5. The van der Waals surface area contributed by atoms with Gasteiger partial charge in [-0.3, -0.25) is 0 Å². The summed E-state index contributed by atoms with van der Waals surface area (Å²) in [6.45, 7) is 2.21. The highest BCUT2D eigenvalue weighted by molar-refractivity contribution is 5.34. The second-order valence-corrected chi connectivity index (χ2v) is 4.46. The van der Waals surface area contributed by atoms with Crippen molar-refractivity contribution in [1.82, 2.24) is 0 Å². The fraction of sp³-hybridized carbons (Fsp3) is 0.467. The van der Waals surface area contributed by atoms with Crippen molar-refractivity contribution in [2.45, 2.75) is 39.0 Å². The Bertz CT molecular complexity index is 326. The van der Waals surface area contributed by atoms with Gasteiger partial charge in [-0.15, -0.1) is 0 Å². The molecule has 1 atom stereocenters. The van der Waals surface area contributed by atoms with Gasteiger partial charge in [-0.25, -0.2) is 0 Å². The normalized spacial score (nSPS) is 25.8. The molecular weight excluding hydrogens is 180 g/mol. The van der Waals surface area contributed by atoms with E-state index in [-0.39, 0.29) is 0 Å². The van der Waals surface area contributed by atoms with Gasteiger partial charge in [-0.05, 0) is 43.6 Å². The van der Waals surface area contributed by atoms with Gasteiger partial charge in [0.05, 0.1) is 0 Å². The van der Waals surface area contributed by atoms with E-state index in [0.29, 0.717) is 0 Å². The maximum atomic E-state index is 2.42. The minimum Gasteiger partial charge on any atom is -0.0885 e. The molecule has 0 N–H and O–H groups in total. The van der Waals surface area contributed by atoms with Gasteiger partial charge in [0, 0.05) is 0 Å². The molecule has 0 heterocycles. The molecule has 0 aromatic rings. The van der Waals surface area contributed by atoms with E-state index in [1.807, 2.05) is 0 Å². The van der Waals surface area contributed by atoms with Gasteiger partial charge in [-0.1, -0.05) is 49.0 Å². The maximum absolute atomic E-state index is 2.42. The summed E-state index contributed by atoms with van der Waals surface area (Å²) in [5.74, 6) is 0.795. The molecule has 0 bridgehead atoms. The topological polar surface area (TPSA) is 0 Å². The average molecular weight is 200 g/mol. The van der Waals surface area contributed by atoms with Gasteiger partial charge in [0.25, 0.3) is 0 Å². The molecule has 0 saturated heterocycles. The molecule has 2 aliphatic rings. The van der Waals surface area contributed by atoms with Crippen LogP contribution < -0.4 is 0 Å². The second-order valence-electron chi connectivity index (χ2n) is 4.46. The van der Waals surface area contributed by atoms with Crippen LogP contribution in [0.3, 0.4) is 0 Å². The number of hydrogen-bond acceptors (Lipinski definition) is 0. The van der Waals surface area contributed by atoms with Crippen LogP contribution in [-0.2, 0) is 0 Å². The van der Waals surface area contributed by atoms with Gasteiger partial charge >= 0.3 is 0 Å². The minimum atomic E-state index is 0.795. The van der Waals surface area contributed by atoms with Crippen molar-refractivity contribution in [3.05, 3.63) is 47.6 Å². The van der Waals surface area contributed by atoms with Crippen LogP contribution in [0, 0.1) is 5.92 Å². The monoisotopic (exact) mass is 200 g/mol. The van der Waals surface area contributed by atoms with Crippen molar-refractivity contribution < 1.29 is 0 Å². The minimum absolute atomic E-state index is 0.795. The first-order valence-corrected chi connectivity index (χ1v) is 6.11. The fourth-order valence-corrected chi connectivity index (χ4v) is 2.44. The van der Waals surface area contributed by atoms with Crippen molar-refractivity contribution in [3.63, 3.8) is 0 Å². The molecule has 0 radical (unpaired) electrons. The highest BCUT2D eigenvalue weighted by Crippen LogP contribution is 2.34. The zero-order valence-corrected chi connectivity index (χ0v) is 9.58. The molecule has 80 valence electrons. The lowest BCUT2D eigenvalue weighted by Crippen LogP contribution is -2.07. The quantitative estimate of drug-likeness (QED) is 0.573. The Morgan fingerprint density at radius 3 is 3.20 bits per heavy atom. The average Bonchev–Trinajstić information content (AvgIpc) is 2.50. The van der Waals surface area contributed by atoms with Crippen molar-refractivity contribution >= 4 is 0 Å². The van der Waals surface area contributed by atoms with E-state index in [1.54, 1.807) is 11.1 Å². The standard InChI is InChI=1S/C15H20/c1-2-3-7-13-10-11-14-8-5-4-6-9-15(14)12-13/h3-8,13H,2,9-12H2,1H3. The van der Waals surface area contributed by atoms with Gasteiger partial charge in [0.15, 0.2) is 0 Å². The van der Waals surface area contributed by atoms with Crippen LogP contribution in [-0.4, -0.2) is 0 Å². The van der Waals surface area contributed by atoms with Gasteiger partial charge < -0.3 is 0 Å². The highest BCUT2D eigenvalue weighted by Gasteiger charge is 2.17. The lowest BCUT2D eigenvalue weighted by atomic mass is 9.82. The van der Waals surface area contributed by atoms with Gasteiger partial charge in [-0.2, -0.15) is 0 Å². The molecule has 0 aromatic heterocycles.